The van der Waals surface area contributed by atoms with Crippen LogP contribution < -0.4 is 0 Å². The Labute approximate surface area is 152 Å². The summed E-state index contributed by atoms with van der Waals surface area (Å²) < 4.78 is 19.2. The van der Waals surface area contributed by atoms with E-state index in [0.29, 0.717) is 28.3 Å². The predicted octanol–water partition coefficient (Wildman–Crippen LogP) is 4.51. The molecule has 0 aliphatic heterocycles. The highest BCUT2D eigenvalue weighted by Gasteiger charge is 2.19. The summed E-state index contributed by atoms with van der Waals surface area (Å²) in [5.41, 5.74) is 1.27. The molecule has 1 atom stereocenters. The van der Waals surface area contributed by atoms with E-state index in [9.17, 15) is 4.39 Å². The fourth-order valence-corrected chi connectivity index (χ4v) is 3.14. The SMILES string of the molecule is CC(Sc1n[nH]c(-c2ccccc2F)n1)c1nc(-c2ccccc2)no1. The third kappa shape index (κ3) is 3.36. The van der Waals surface area contributed by atoms with Crippen LogP contribution in [0.1, 0.15) is 18.1 Å². The first-order chi connectivity index (χ1) is 12.7. The molecule has 1 N–H and O–H groups in total. The van der Waals surface area contributed by atoms with Crippen molar-refractivity contribution in [1.82, 2.24) is 25.3 Å². The van der Waals surface area contributed by atoms with E-state index in [2.05, 4.69) is 25.3 Å². The number of nitrogens with zero attached hydrogens (tertiary/aromatic N) is 4. The van der Waals surface area contributed by atoms with Crippen LogP contribution in [0.5, 0.6) is 0 Å². The molecule has 8 heteroatoms. The fourth-order valence-electron chi connectivity index (χ4n) is 2.39. The number of rotatable bonds is 5. The van der Waals surface area contributed by atoms with Gasteiger partial charge in [-0.25, -0.2) is 9.37 Å². The average Bonchev–Trinajstić information content (AvgIpc) is 3.33. The van der Waals surface area contributed by atoms with Gasteiger partial charge >= 0.3 is 0 Å². The molecule has 0 aliphatic rings. The Morgan fingerprint density at radius 2 is 1.81 bits per heavy atom. The second-order valence-corrected chi connectivity index (χ2v) is 6.84. The van der Waals surface area contributed by atoms with Crippen LogP contribution in [0.2, 0.25) is 0 Å². The van der Waals surface area contributed by atoms with Gasteiger partial charge in [-0.1, -0.05) is 59.4 Å². The minimum Gasteiger partial charge on any atom is -0.338 e. The van der Waals surface area contributed by atoms with Gasteiger partial charge in [-0.15, -0.1) is 5.10 Å². The van der Waals surface area contributed by atoms with Crippen LogP contribution in [0, 0.1) is 5.82 Å². The molecule has 0 aliphatic carbocycles. The van der Waals surface area contributed by atoms with Crippen molar-refractivity contribution >= 4 is 11.8 Å². The van der Waals surface area contributed by atoms with Gasteiger partial charge in [-0.2, -0.15) is 4.98 Å². The van der Waals surface area contributed by atoms with Gasteiger partial charge in [0.2, 0.25) is 16.9 Å². The van der Waals surface area contributed by atoms with Crippen molar-refractivity contribution in [1.29, 1.82) is 0 Å². The highest BCUT2D eigenvalue weighted by Crippen LogP contribution is 2.33. The summed E-state index contributed by atoms with van der Waals surface area (Å²) in [6, 6.07) is 16.0. The Bertz CT molecular complexity index is 1020. The zero-order valence-electron chi connectivity index (χ0n) is 13.8. The molecule has 26 heavy (non-hydrogen) atoms. The number of nitrogens with one attached hydrogen (secondary N) is 1. The second kappa shape index (κ2) is 7.09. The summed E-state index contributed by atoms with van der Waals surface area (Å²) in [6.45, 7) is 1.92. The number of aromatic amines is 1. The van der Waals surface area contributed by atoms with Gasteiger partial charge < -0.3 is 4.52 Å². The lowest BCUT2D eigenvalue weighted by Gasteiger charge is -2.01. The number of benzene rings is 2. The van der Waals surface area contributed by atoms with Crippen molar-refractivity contribution in [3.63, 3.8) is 0 Å². The molecule has 0 saturated heterocycles. The molecule has 0 spiro atoms. The van der Waals surface area contributed by atoms with E-state index in [1.165, 1.54) is 17.8 Å². The molecule has 2 aromatic heterocycles. The van der Waals surface area contributed by atoms with E-state index in [-0.39, 0.29) is 11.1 Å². The molecule has 0 bridgehead atoms. The topological polar surface area (TPSA) is 80.5 Å². The summed E-state index contributed by atoms with van der Waals surface area (Å²) in [6.07, 6.45) is 0. The van der Waals surface area contributed by atoms with Crippen LogP contribution in [0.3, 0.4) is 0 Å². The van der Waals surface area contributed by atoms with Crippen molar-refractivity contribution < 1.29 is 8.91 Å². The largest absolute Gasteiger partial charge is 0.338 e. The van der Waals surface area contributed by atoms with Gasteiger partial charge in [0.25, 0.3) is 0 Å². The van der Waals surface area contributed by atoms with Crippen LogP contribution in [0.25, 0.3) is 22.8 Å². The van der Waals surface area contributed by atoms with E-state index in [1.807, 2.05) is 37.3 Å². The molecule has 130 valence electrons. The summed E-state index contributed by atoms with van der Waals surface area (Å²) in [7, 11) is 0. The highest BCUT2D eigenvalue weighted by molar-refractivity contribution is 7.99. The van der Waals surface area contributed by atoms with E-state index in [0.717, 1.165) is 5.56 Å². The maximum absolute atomic E-state index is 13.8. The molecule has 6 nitrogen and oxygen atoms in total. The third-order valence-corrected chi connectivity index (χ3v) is 4.65. The first-order valence-electron chi connectivity index (χ1n) is 7.93. The smallest absolute Gasteiger partial charge is 0.240 e. The molecule has 2 aromatic carbocycles. The molecule has 0 radical (unpaired) electrons. The van der Waals surface area contributed by atoms with Crippen LogP contribution in [-0.4, -0.2) is 25.3 Å². The molecule has 0 amide bonds. The summed E-state index contributed by atoms with van der Waals surface area (Å²) in [5, 5.41) is 11.2. The zero-order valence-corrected chi connectivity index (χ0v) is 14.6. The quantitative estimate of drug-likeness (QED) is 0.523. The van der Waals surface area contributed by atoms with Gasteiger partial charge in [0, 0.05) is 5.56 Å². The van der Waals surface area contributed by atoms with Crippen molar-refractivity contribution in [3.05, 3.63) is 66.3 Å². The standard InChI is InChI=1S/C18H14FN5OS/c1-11(17-20-15(24-25-17)12-7-3-2-4-8-12)26-18-21-16(22-23-18)13-9-5-6-10-14(13)19/h2-11H,1H3,(H,21,22,23). The normalized spacial score (nSPS) is 12.2. The second-order valence-electron chi connectivity index (χ2n) is 5.53. The van der Waals surface area contributed by atoms with Gasteiger partial charge in [-0.3, -0.25) is 5.10 Å². The molecular weight excluding hydrogens is 353 g/mol. The predicted molar refractivity (Wildman–Crippen MR) is 95.8 cm³/mol. The first kappa shape index (κ1) is 16.5. The van der Waals surface area contributed by atoms with E-state index < -0.39 is 0 Å². The van der Waals surface area contributed by atoms with Gasteiger partial charge in [0.05, 0.1) is 10.8 Å². The fraction of sp³-hybridized carbons (Fsp3) is 0.111. The lowest BCUT2D eigenvalue weighted by atomic mass is 10.2. The van der Waals surface area contributed by atoms with Crippen molar-refractivity contribution in [2.75, 3.05) is 0 Å². The Kier molecular flexibility index (Phi) is 4.49. The highest BCUT2D eigenvalue weighted by atomic mass is 32.2. The number of halogens is 1. The molecular formula is C18H14FN5OS. The number of H-pyrrole nitrogens is 1. The summed E-state index contributed by atoms with van der Waals surface area (Å²) in [5.74, 6) is 1.05. The number of hydrogen-bond donors (Lipinski definition) is 1. The van der Waals surface area contributed by atoms with Crippen molar-refractivity contribution in [3.8, 4) is 22.8 Å². The zero-order chi connectivity index (χ0) is 17.9. The molecule has 2 heterocycles. The maximum Gasteiger partial charge on any atom is 0.240 e. The maximum atomic E-state index is 13.8. The van der Waals surface area contributed by atoms with E-state index in [1.54, 1.807) is 18.2 Å². The monoisotopic (exact) mass is 367 g/mol. The van der Waals surface area contributed by atoms with Crippen LogP contribution in [0.4, 0.5) is 4.39 Å². The van der Waals surface area contributed by atoms with Crippen LogP contribution in [0.15, 0.2) is 64.3 Å². The van der Waals surface area contributed by atoms with E-state index in [4.69, 9.17) is 4.52 Å². The Morgan fingerprint density at radius 3 is 2.62 bits per heavy atom. The lowest BCUT2D eigenvalue weighted by molar-refractivity contribution is 0.380. The Balaban J connectivity index is 1.50. The molecule has 0 saturated carbocycles. The first-order valence-corrected chi connectivity index (χ1v) is 8.81. The average molecular weight is 367 g/mol. The van der Waals surface area contributed by atoms with Gasteiger partial charge in [-0.05, 0) is 19.1 Å². The van der Waals surface area contributed by atoms with Crippen molar-refractivity contribution in [2.45, 2.75) is 17.3 Å². The van der Waals surface area contributed by atoms with Crippen LogP contribution >= 0.6 is 11.8 Å². The number of aromatic nitrogens is 5. The van der Waals surface area contributed by atoms with Crippen LogP contribution in [-0.2, 0) is 0 Å². The molecule has 4 aromatic rings. The third-order valence-electron chi connectivity index (χ3n) is 3.70. The number of thioether (sulfide) groups is 1. The van der Waals surface area contributed by atoms with E-state index >= 15 is 0 Å². The molecule has 4 rings (SSSR count). The molecule has 1 unspecified atom stereocenters. The Morgan fingerprint density at radius 1 is 1.04 bits per heavy atom. The molecule has 0 fully saturated rings. The van der Waals surface area contributed by atoms with Gasteiger partial charge in [0.15, 0.2) is 5.82 Å². The summed E-state index contributed by atoms with van der Waals surface area (Å²) in [4.78, 5) is 8.77. The van der Waals surface area contributed by atoms with Gasteiger partial charge in [0.1, 0.15) is 5.82 Å². The minimum atomic E-state index is -0.349. The number of hydrogen-bond acceptors (Lipinski definition) is 6. The minimum absolute atomic E-state index is 0.149. The lowest BCUT2D eigenvalue weighted by Crippen LogP contribution is -1.90. The Hall–Kier alpha value is -3.00. The summed E-state index contributed by atoms with van der Waals surface area (Å²) >= 11 is 1.35. The van der Waals surface area contributed by atoms with Crippen molar-refractivity contribution in [2.24, 2.45) is 0 Å².